The van der Waals surface area contributed by atoms with Gasteiger partial charge >= 0.3 is 0 Å². The molecule has 0 spiro atoms. The number of fused-ring (bicyclic) bond motifs is 1. The lowest BCUT2D eigenvalue weighted by molar-refractivity contribution is 0.0739. The van der Waals surface area contributed by atoms with E-state index in [4.69, 9.17) is 11.6 Å². The fourth-order valence-electron chi connectivity index (χ4n) is 4.09. The van der Waals surface area contributed by atoms with E-state index in [0.29, 0.717) is 23.0 Å². The van der Waals surface area contributed by atoms with E-state index in [1.165, 1.54) is 12.1 Å². The molecular weight excluding hydrogens is 417 g/mol. The molecule has 1 aliphatic rings. The average Bonchev–Trinajstić information content (AvgIpc) is 3.49. The summed E-state index contributed by atoms with van der Waals surface area (Å²) in [6, 6.07) is 13.3. The highest BCUT2D eigenvalue weighted by molar-refractivity contribution is 6.30. The summed E-state index contributed by atoms with van der Waals surface area (Å²) in [6.07, 6.45) is 6.15. The number of imidazole rings is 1. The molecule has 1 atom stereocenters. The molecule has 0 radical (unpaired) electrons. The molecule has 1 unspecified atom stereocenters. The van der Waals surface area contributed by atoms with Crippen molar-refractivity contribution < 1.29 is 9.18 Å². The van der Waals surface area contributed by atoms with Gasteiger partial charge in [0.1, 0.15) is 11.5 Å². The minimum atomic E-state index is -0.352. The molecule has 1 amide bonds. The third-order valence-electron chi connectivity index (χ3n) is 5.54. The number of hydrogen-bond donors (Lipinski definition) is 1. The third-order valence-corrected chi connectivity index (χ3v) is 5.79. The smallest absolute Gasteiger partial charge is 0.273 e. The van der Waals surface area contributed by atoms with Gasteiger partial charge < -0.3 is 9.47 Å². The van der Waals surface area contributed by atoms with E-state index in [1.807, 2.05) is 27.8 Å². The summed E-state index contributed by atoms with van der Waals surface area (Å²) >= 11 is 6.04. The first kappa shape index (κ1) is 19.5. The standard InChI is InChI=1S/C23H19ClFN5O/c24-17-6-2-15(3-7-17)20-19-21(28-27-20)23(31)30(12-1-11-29-13-10-26-14-29)22(19)16-4-8-18(25)9-5-16/h2-10,13-14,22H,1,11-12H2,(H,27,28). The van der Waals surface area contributed by atoms with Gasteiger partial charge in [-0.25, -0.2) is 9.37 Å². The summed E-state index contributed by atoms with van der Waals surface area (Å²) in [5, 5.41) is 7.99. The van der Waals surface area contributed by atoms with Crippen LogP contribution < -0.4 is 0 Å². The van der Waals surface area contributed by atoms with Crippen molar-refractivity contribution in [1.29, 1.82) is 0 Å². The van der Waals surface area contributed by atoms with Gasteiger partial charge in [-0.1, -0.05) is 35.9 Å². The highest BCUT2D eigenvalue weighted by Crippen LogP contribution is 2.42. The van der Waals surface area contributed by atoms with Gasteiger partial charge in [-0.15, -0.1) is 0 Å². The summed E-state index contributed by atoms with van der Waals surface area (Å²) in [7, 11) is 0. The Kier molecular flexibility index (Phi) is 5.03. The maximum absolute atomic E-state index is 13.6. The lowest BCUT2D eigenvalue weighted by atomic mass is 9.96. The molecule has 8 heteroatoms. The number of amides is 1. The van der Waals surface area contributed by atoms with E-state index >= 15 is 0 Å². The quantitative estimate of drug-likeness (QED) is 0.477. The maximum atomic E-state index is 13.6. The van der Waals surface area contributed by atoms with Crippen molar-refractivity contribution in [3.63, 3.8) is 0 Å². The minimum absolute atomic E-state index is 0.109. The van der Waals surface area contributed by atoms with Crippen molar-refractivity contribution in [2.24, 2.45) is 0 Å². The van der Waals surface area contributed by atoms with Crippen LogP contribution in [-0.2, 0) is 6.54 Å². The SMILES string of the molecule is O=C1c2[nH]nc(-c3ccc(Cl)cc3)c2C(c2ccc(F)cc2)N1CCCn1ccnc1. The highest BCUT2D eigenvalue weighted by Gasteiger charge is 2.41. The van der Waals surface area contributed by atoms with Crippen molar-refractivity contribution in [2.45, 2.75) is 19.0 Å². The highest BCUT2D eigenvalue weighted by atomic mass is 35.5. The molecule has 1 aliphatic heterocycles. The summed E-state index contributed by atoms with van der Waals surface area (Å²) in [5.74, 6) is -0.423. The van der Waals surface area contributed by atoms with Gasteiger partial charge in [0.25, 0.3) is 5.91 Å². The molecule has 0 saturated heterocycles. The number of aromatic nitrogens is 4. The lowest BCUT2D eigenvalue weighted by Crippen LogP contribution is -2.31. The third kappa shape index (κ3) is 3.61. The van der Waals surface area contributed by atoms with E-state index in [2.05, 4.69) is 15.2 Å². The van der Waals surface area contributed by atoms with Crippen LogP contribution in [0.15, 0.2) is 67.3 Å². The van der Waals surface area contributed by atoms with Crippen molar-refractivity contribution in [2.75, 3.05) is 6.54 Å². The van der Waals surface area contributed by atoms with Crippen LogP contribution in [0.1, 0.15) is 34.1 Å². The average molecular weight is 436 g/mol. The molecule has 6 nitrogen and oxygen atoms in total. The molecule has 2 aromatic carbocycles. The van der Waals surface area contributed by atoms with Crippen molar-refractivity contribution in [3.8, 4) is 11.3 Å². The molecule has 31 heavy (non-hydrogen) atoms. The van der Waals surface area contributed by atoms with E-state index in [0.717, 1.165) is 29.7 Å². The largest absolute Gasteiger partial charge is 0.337 e. The number of rotatable bonds is 6. The van der Waals surface area contributed by atoms with Crippen molar-refractivity contribution in [3.05, 3.63) is 94.9 Å². The number of benzene rings is 2. The lowest BCUT2D eigenvalue weighted by Gasteiger charge is -2.26. The number of nitrogens with zero attached hydrogens (tertiary/aromatic N) is 4. The van der Waals surface area contributed by atoms with Crippen LogP contribution in [0.5, 0.6) is 0 Å². The van der Waals surface area contributed by atoms with Crippen LogP contribution >= 0.6 is 11.6 Å². The summed E-state index contributed by atoms with van der Waals surface area (Å²) in [4.78, 5) is 19.2. The Labute approximate surface area is 183 Å². The summed E-state index contributed by atoms with van der Waals surface area (Å²) < 4.78 is 15.6. The zero-order valence-corrected chi connectivity index (χ0v) is 17.3. The van der Waals surface area contributed by atoms with Gasteiger partial charge in [-0.3, -0.25) is 9.89 Å². The molecule has 5 rings (SSSR count). The van der Waals surface area contributed by atoms with Gasteiger partial charge in [-0.05, 0) is 36.2 Å². The van der Waals surface area contributed by atoms with Gasteiger partial charge in [0.05, 0.1) is 18.1 Å². The normalized spacial score (nSPS) is 15.5. The molecule has 0 aliphatic carbocycles. The van der Waals surface area contributed by atoms with Gasteiger partial charge in [0.15, 0.2) is 0 Å². The Morgan fingerprint density at radius 1 is 1.06 bits per heavy atom. The first-order valence-electron chi connectivity index (χ1n) is 9.98. The monoisotopic (exact) mass is 435 g/mol. The van der Waals surface area contributed by atoms with Crippen LogP contribution in [0.2, 0.25) is 5.02 Å². The fraction of sp³-hybridized carbons (Fsp3) is 0.174. The zero-order valence-electron chi connectivity index (χ0n) is 16.5. The molecule has 0 saturated carbocycles. The number of carbonyl (C=O) groups excluding carboxylic acids is 1. The number of carbonyl (C=O) groups is 1. The Morgan fingerprint density at radius 3 is 2.55 bits per heavy atom. The van der Waals surface area contributed by atoms with E-state index in [1.54, 1.807) is 36.8 Å². The second-order valence-corrected chi connectivity index (χ2v) is 7.91. The number of aromatic amines is 1. The Balaban J connectivity index is 1.52. The molecule has 4 aromatic rings. The Hall–Kier alpha value is -3.45. The van der Waals surface area contributed by atoms with Crippen LogP contribution in [0.25, 0.3) is 11.3 Å². The van der Waals surface area contributed by atoms with E-state index in [-0.39, 0.29) is 17.8 Å². The number of nitrogens with one attached hydrogen (secondary N) is 1. The molecule has 3 heterocycles. The van der Waals surface area contributed by atoms with Gasteiger partial charge in [0.2, 0.25) is 0 Å². The second kappa shape index (κ2) is 8.00. The summed E-state index contributed by atoms with van der Waals surface area (Å²) in [5.41, 5.74) is 3.68. The number of aryl methyl sites for hydroxylation is 1. The first-order valence-corrected chi connectivity index (χ1v) is 10.4. The van der Waals surface area contributed by atoms with Crippen LogP contribution in [0.4, 0.5) is 4.39 Å². The molecule has 2 aromatic heterocycles. The van der Waals surface area contributed by atoms with Gasteiger partial charge in [0, 0.05) is 41.6 Å². The predicted octanol–water partition coefficient (Wildman–Crippen LogP) is 4.70. The van der Waals surface area contributed by atoms with Crippen LogP contribution in [-0.4, -0.2) is 37.1 Å². The number of hydrogen-bond acceptors (Lipinski definition) is 3. The molecule has 1 N–H and O–H groups in total. The molecule has 156 valence electrons. The number of H-pyrrole nitrogens is 1. The van der Waals surface area contributed by atoms with Crippen LogP contribution in [0.3, 0.4) is 0 Å². The Morgan fingerprint density at radius 2 is 1.84 bits per heavy atom. The Bertz CT molecular complexity index is 1200. The van der Waals surface area contributed by atoms with E-state index < -0.39 is 0 Å². The van der Waals surface area contributed by atoms with Gasteiger partial charge in [-0.2, -0.15) is 5.10 Å². The second-order valence-electron chi connectivity index (χ2n) is 7.47. The predicted molar refractivity (Wildman–Crippen MR) is 115 cm³/mol. The van der Waals surface area contributed by atoms with Crippen molar-refractivity contribution in [1.82, 2.24) is 24.6 Å². The zero-order chi connectivity index (χ0) is 21.4. The topological polar surface area (TPSA) is 66.8 Å². The first-order chi connectivity index (χ1) is 15.1. The molecular formula is C23H19ClFN5O. The van der Waals surface area contributed by atoms with Crippen molar-refractivity contribution >= 4 is 17.5 Å². The molecule has 0 bridgehead atoms. The van der Waals surface area contributed by atoms with Crippen LogP contribution in [0, 0.1) is 5.82 Å². The minimum Gasteiger partial charge on any atom is -0.337 e. The number of halogens is 2. The maximum Gasteiger partial charge on any atom is 0.273 e. The molecule has 0 fully saturated rings. The fourth-order valence-corrected chi connectivity index (χ4v) is 4.22. The summed E-state index contributed by atoms with van der Waals surface area (Å²) in [6.45, 7) is 1.29. The van der Waals surface area contributed by atoms with E-state index in [9.17, 15) is 9.18 Å².